The van der Waals surface area contributed by atoms with Gasteiger partial charge in [-0.25, -0.2) is 9.69 Å². The van der Waals surface area contributed by atoms with Gasteiger partial charge in [0.05, 0.1) is 12.2 Å². The molecule has 0 fully saturated rings. The van der Waals surface area contributed by atoms with Gasteiger partial charge in [0, 0.05) is 12.6 Å². The van der Waals surface area contributed by atoms with Crippen molar-refractivity contribution in [3.63, 3.8) is 0 Å². The van der Waals surface area contributed by atoms with Crippen molar-refractivity contribution in [2.75, 3.05) is 11.4 Å². The number of anilines is 1. The molecule has 8 heteroatoms. The van der Waals surface area contributed by atoms with Crippen LogP contribution in [0.1, 0.15) is 17.3 Å². The van der Waals surface area contributed by atoms with Crippen LogP contribution in [-0.4, -0.2) is 34.4 Å². The Morgan fingerprint density at radius 1 is 1.12 bits per heavy atom. The third kappa shape index (κ3) is 3.39. The SMILES string of the molecule is CC(=O)N(C(=O)CN)c1ccc(-c2ccc(C(=O)O)c(=O)[nH]2)cc1. The molecule has 0 bridgehead atoms. The minimum atomic E-state index is -1.31. The molecule has 1 aromatic heterocycles. The minimum Gasteiger partial charge on any atom is -0.477 e. The molecular weight excluding hydrogens is 314 g/mol. The van der Waals surface area contributed by atoms with E-state index in [0.717, 1.165) is 4.90 Å². The lowest BCUT2D eigenvalue weighted by Crippen LogP contribution is -2.39. The van der Waals surface area contributed by atoms with Gasteiger partial charge < -0.3 is 15.8 Å². The summed E-state index contributed by atoms with van der Waals surface area (Å²) in [4.78, 5) is 49.3. The van der Waals surface area contributed by atoms with Crippen LogP contribution in [0.2, 0.25) is 0 Å². The Balaban J connectivity index is 2.37. The Morgan fingerprint density at radius 3 is 2.21 bits per heavy atom. The highest BCUT2D eigenvalue weighted by Crippen LogP contribution is 2.21. The zero-order valence-corrected chi connectivity index (χ0v) is 12.8. The number of carboxylic acid groups (broad SMARTS) is 1. The van der Waals surface area contributed by atoms with Crippen molar-refractivity contribution >= 4 is 23.5 Å². The standard InChI is InChI=1S/C16H15N3O5/c1-9(20)19(14(21)8-17)11-4-2-10(3-5-11)13-7-6-12(16(23)24)15(22)18-13/h2-7H,8,17H2,1H3,(H,18,22)(H,23,24). The zero-order chi connectivity index (χ0) is 17.9. The number of nitrogens with two attached hydrogens (primary N) is 1. The second-order valence-corrected chi connectivity index (χ2v) is 4.92. The molecule has 0 saturated heterocycles. The molecule has 0 aliphatic heterocycles. The maximum atomic E-state index is 11.7. The predicted molar refractivity (Wildman–Crippen MR) is 86.7 cm³/mol. The van der Waals surface area contributed by atoms with E-state index in [1.54, 1.807) is 12.1 Å². The number of hydrogen-bond donors (Lipinski definition) is 3. The minimum absolute atomic E-state index is 0.300. The molecule has 1 heterocycles. The number of amides is 2. The Bertz CT molecular complexity index is 855. The number of pyridine rings is 1. The average molecular weight is 329 g/mol. The molecule has 0 radical (unpaired) electrons. The second-order valence-electron chi connectivity index (χ2n) is 4.92. The highest BCUT2D eigenvalue weighted by atomic mass is 16.4. The van der Waals surface area contributed by atoms with Crippen LogP contribution < -0.4 is 16.2 Å². The quantitative estimate of drug-likeness (QED) is 0.751. The predicted octanol–water partition coefficient (Wildman–Crippen LogP) is 0.578. The molecule has 1 aromatic carbocycles. The van der Waals surface area contributed by atoms with Crippen molar-refractivity contribution in [1.29, 1.82) is 0 Å². The van der Waals surface area contributed by atoms with Crippen LogP contribution in [0.5, 0.6) is 0 Å². The molecule has 24 heavy (non-hydrogen) atoms. The molecule has 124 valence electrons. The summed E-state index contributed by atoms with van der Waals surface area (Å²) in [5.41, 5.74) is 5.58. The van der Waals surface area contributed by atoms with Crippen LogP contribution in [0, 0.1) is 0 Å². The Labute approximate surface area is 136 Å². The van der Waals surface area contributed by atoms with Gasteiger partial charge >= 0.3 is 5.97 Å². The number of aromatic amines is 1. The molecular formula is C16H15N3O5. The summed E-state index contributed by atoms with van der Waals surface area (Å²) >= 11 is 0. The second kappa shape index (κ2) is 6.88. The summed E-state index contributed by atoms with van der Waals surface area (Å²) in [6, 6.07) is 8.95. The number of carbonyl (C=O) groups excluding carboxylic acids is 2. The van der Waals surface area contributed by atoms with E-state index in [1.165, 1.54) is 31.2 Å². The lowest BCUT2D eigenvalue weighted by molar-refractivity contribution is -0.124. The van der Waals surface area contributed by atoms with Crippen molar-refractivity contribution in [3.8, 4) is 11.3 Å². The lowest BCUT2D eigenvalue weighted by Gasteiger charge is -2.18. The topological polar surface area (TPSA) is 134 Å². The summed E-state index contributed by atoms with van der Waals surface area (Å²) in [7, 11) is 0. The molecule has 0 unspecified atom stereocenters. The van der Waals surface area contributed by atoms with Gasteiger partial charge in [0.15, 0.2) is 0 Å². The number of imide groups is 1. The summed E-state index contributed by atoms with van der Waals surface area (Å²) in [5, 5.41) is 8.85. The molecule has 2 aromatic rings. The van der Waals surface area contributed by atoms with Crippen LogP contribution in [0.4, 0.5) is 5.69 Å². The number of aromatic carboxylic acids is 1. The van der Waals surface area contributed by atoms with E-state index >= 15 is 0 Å². The number of benzene rings is 1. The molecule has 0 aliphatic carbocycles. The molecule has 2 rings (SSSR count). The normalized spacial score (nSPS) is 10.2. The van der Waals surface area contributed by atoms with E-state index in [2.05, 4.69) is 4.98 Å². The van der Waals surface area contributed by atoms with Crippen molar-refractivity contribution in [3.05, 3.63) is 52.3 Å². The number of aromatic nitrogens is 1. The molecule has 2 amide bonds. The summed E-state index contributed by atoms with van der Waals surface area (Å²) in [6.07, 6.45) is 0. The Morgan fingerprint density at radius 2 is 1.75 bits per heavy atom. The van der Waals surface area contributed by atoms with Gasteiger partial charge in [0.25, 0.3) is 5.56 Å². The largest absolute Gasteiger partial charge is 0.477 e. The van der Waals surface area contributed by atoms with Crippen LogP contribution in [0.3, 0.4) is 0 Å². The van der Waals surface area contributed by atoms with E-state index < -0.39 is 23.3 Å². The molecule has 0 saturated carbocycles. The molecule has 0 spiro atoms. The van der Waals surface area contributed by atoms with E-state index in [9.17, 15) is 19.2 Å². The van der Waals surface area contributed by atoms with Crippen molar-refractivity contribution in [2.45, 2.75) is 6.92 Å². The summed E-state index contributed by atoms with van der Waals surface area (Å²) in [6.45, 7) is 0.953. The monoisotopic (exact) mass is 329 g/mol. The third-order valence-electron chi connectivity index (χ3n) is 3.32. The van der Waals surface area contributed by atoms with Gasteiger partial charge in [0.2, 0.25) is 11.8 Å². The fraction of sp³-hybridized carbons (Fsp3) is 0.125. The number of rotatable bonds is 4. The number of hydrogen-bond acceptors (Lipinski definition) is 5. The maximum Gasteiger partial charge on any atom is 0.341 e. The van der Waals surface area contributed by atoms with E-state index in [4.69, 9.17) is 10.8 Å². The third-order valence-corrected chi connectivity index (χ3v) is 3.32. The smallest absolute Gasteiger partial charge is 0.341 e. The summed E-state index contributed by atoms with van der Waals surface area (Å²) < 4.78 is 0. The number of carbonyl (C=O) groups is 3. The zero-order valence-electron chi connectivity index (χ0n) is 12.8. The highest BCUT2D eigenvalue weighted by Gasteiger charge is 2.18. The number of carboxylic acids is 1. The highest BCUT2D eigenvalue weighted by molar-refractivity contribution is 6.14. The van der Waals surface area contributed by atoms with Crippen LogP contribution >= 0.6 is 0 Å². The fourth-order valence-corrected chi connectivity index (χ4v) is 2.19. The molecule has 0 aliphatic rings. The van der Waals surface area contributed by atoms with Gasteiger partial charge in [0.1, 0.15) is 5.56 Å². The average Bonchev–Trinajstić information content (AvgIpc) is 2.54. The van der Waals surface area contributed by atoms with Crippen molar-refractivity contribution in [2.24, 2.45) is 5.73 Å². The lowest BCUT2D eigenvalue weighted by atomic mass is 10.1. The number of nitrogens with one attached hydrogen (secondary N) is 1. The van der Waals surface area contributed by atoms with Crippen molar-refractivity contribution in [1.82, 2.24) is 4.98 Å². The van der Waals surface area contributed by atoms with Gasteiger partial charge in [-0.3, -0.25) is 14.4 Å². The first kappa shape index (κ1) is 17.1. The van der Waals surface area contributed by atoms with E-state index in [1.807, 2.05) is 0 Å². The van der Waals surface area contributed by atoms with Gasteiger partial charge in [-0.05, 0) is 29.8 Å². The fourth-order valence-electron chi connectivity index (χ4n) is 2.19. The van der Waals surface area contributed by atoms with Gasteiger partial charge in [-0.1, -0.05) is 12.1 Å². The van der Waals surface area contributed by atoms with Crippen LogP contribution in [0.15, 0.2) is 41.2 Å². The first-order valence-electron chi connectivity index (χ1n) is 6.95. The van der Waals surface area contributed by atoms with Crippen LogP contribution in [-0.2, 0) is 9.59 Å². The first-order chi connectivity index (χ1) is 11.3. The van der Waals surface area contributed by atoms with E-state index in [-0.39, 0.29) is 12.1 Å². The Kier molecular flexibility index (Phi) is 4.90. The van der Waals surface area contributed by atoms with Gasteiger partial charge in [-0.2, -0.15) is 0 Å². The number of H-pyrrole nitrogens is 1. The molecule has 4 N–H and O–H groups in total. The van der Waals surface area contributed by atoms with E-state index in [0.29, 0.717) is 16.9 Å². The van der Waals surface area contributed by atoms with Gasteiger partial charge in [-0.15, -0.1) is 0 Å². The summed E-state index contributed by atoms with van der Waals surface area (Å²) in [5.74, 6) is -2.30. The maximum absolute atomic E-state index is 11.7. The Hall–Kier alpha value is -3.26. The molecule has 8 nitrogen and oxygen atoms in total. The molecule has 0 atom stereocenters. The van der Waals surface area contributed by atoms with Crippen molar-refractivity contribution < 1.29 is 19.5 Å². The number of nitrogens with zero attached hydrogens (tertiary/aromatic N) is 1. The van der Waals surface area contributed by atoms with Crippen LogP contribution in [0.25, 0.3) is 11.3 Å². The first-order valence-corrected chi connectivity index (χ1v) is 6.95.